The third kappa shape index (κ3) is 3.34. The maximum Gasteiger partial charge on any atom is 0.253 e. The maximum absolute atomic E-state index is 13.3. The molecule has 1 aliphatic heterocycles. The maximum atomic E-state index is 13.3. The van der Waals surface area contributed by atoms with Crippen LogP contribution in [0.15, 0.2) is 0 Å². The SMILES string of the molecule is Fc1nc(F)c(F)c(NCCC2CCCCO2)c1F. The van der Waals surface area contributed by atoms with Crippen LogP contribution < -0.4 is 5.32 Å². The van der Waals surface area contributed by atoms with E-state index in [9.17, 15) is 17.6 Å². The fourth-order valence-electron chi connectivity index (χ4n) is 2.04. The summed E-state index contributed by atoms with van der Waals surface area (Å²) in [7, 11) is 0. The molecule has 106 valence electrons. The molecule has 0 amide bonds. The molecule has 1 saturated heterocycles. The highest BCUT2D eigenvalue weighted by molar-refractivity contribution is 5.45. The van der Waals surface area contributed by atoms with Crippen LogP contribution in [0, 0.1) is 23.5 Å². The van der Waals surface area contributed by atoms with E-state index in [1.54, 1.807) is 0 Å². The van der Waals surface area contributed by atoms with Crippen molar-refractivity contribution in [1.29, 1.82) is 0 Å². The van der Waals surface area contributed by atoms with Gasteiger partial charge in [-0.05, 0) is 25.7 Å². The third-order valence-electron chi connectivity index (χ3n) is 3.04. The molecule has 2 rings (SSSR count). The number of hydrogen-bond donors (Lipinski definition) is 1. The molecule has 3 nitrogen and oxygen atoms in total. The summed E-state index contributed by atoms with van der Waals surface area (Å²) < 4.78 is 57.7. The molecule has 0 aliphatic carbocycles. The molecular formula is C12H14F4N2O. The lowest BCUT2D eigenvalue weighted by atomic mass is 10.1. The van der Waals surface area contributed by atoms with Crippen molar-refractivity contribution >= 4 is 5.69 Å². The van der Waals surface area contributed by atoms with Crippen molar-refractivity contribution in [2.24, 2.45) is 0 Å². The first-order valence-electron chi connectivity index (χ1n) is 6.15. The Labute approximate surface area is 108 Å². The van der Waals surface area contributed by atoms with Gasteiger partial charge in [-0.3, -0.25) is 0 Å². The Bertz CT molecular complexity index is 424. The number of ether oxygens (including phenoxy) is 1. The van der Waals surface area contributed by atoms with Crippen molar-refractivity contribution in [2.75, 3.05) is 18.5 Å². The predicted octanol–water partition coefficient (Wildman–Crippen LogP) is 3.01. The van der Waals surface area contributed by atoms with Gasteiger partial charge in [-0.25, -0.2) is 0 Å². The number of hydrogen-bond acceptors (Lipinski definition) is 3. The van der Waals surface area contributed by atoms with Crippen molar-refractivity contribution in [1.82, 2.24) is 4.98 Å². The first-order valence-corrected chi connectivity index (χ1v) is 6.15. The van der Waals surface area contributed by atoms with Crippen LogP contribution in [0.3, 0.4) is 0 Å². The van der Waals surface area contributed by atoms with E-state index >= 15 is 0 Å². The molecule has 1 aliphatic rings. The molecule has 2 heterocycles. The molecule has 0 bridgehead atoms. The normalized spacial score (nSPS) is 19.5. The predicted molar refractivity (Wildman–Crippen MR) is 60.8 cm³/mol. The number of aromatic nitrogens is 1. The molecule has 0 spiro atoms. The number of anilines is 1. The Hall–Kier alpha value is -1.37. The van der Waals surface area contributed by atoms with E-state index in [4.69, 9.17) is 4.74 Å². The molecule has 1 fully saturated rings. The minimum Gasteiger partial charge on any atom is -0.380 e. The average Bonchev–Trinajstić information content (AvgIpc) is 2.42. The monoisotopic (exact) mass is 278 g/mol. The van der Waals surface area contributed by atoms with Gasteiger partial charge in [0.15, 0.2) is 0 Å². The number of halogens is 4. The molecule has 0 saturated carbocycles. The summed E-state index contributed by atoms with van der Waals surface area (Å²) in [5, 5.41) is 2.36. The second-order valence-electron chi connectivity index (χ2n) is 4.40. The summed E-state index contributed by atoms with van der Waals surface area (Å²) in [6.07, 6.45) is 3.47. The lowest BCUT2D eigenvalue weighted by molar-refractivity contribution is 0.0134. The van der Waals surface area contributed by atoms with Crippen LogP contribution >= 0.6 is 0 Å². The number of rotatable bonds is 4. The van der Waals surface area contributed by atoms with Gasteiger partial charge in [-0.2, -0.15) is 22.5 Å². The van der Waals surface area contributed by atoms with Gasteiger partial charge in [0.05, 0.1) is 6.10 Å². The summed E-state index contributed by atoms with van der Waals surface area (Å²) in [6, 6.07) is 0. The van der Waals surface area contributed by atoms with Crippen molar-refractivity contribution in [2.45, 2.75) is 31.8 Å². The second kappa shape index (κ2) is 6.18. The van der Waals surface area contributed by atoms with E-state index in [0.717, 1.165) is 19.3 Å². The Kier molecular flexibility index (Phi) is 4.57. The molecule has 0 radical (unpaired) electrons. The van der Waals surface area contributed by atoms with Crippen LogP contribution in [0.1, 0.15) is 25.7 Å². The van der Waals surface area contributed by atoms with Crippen molar-refractivity contribution in [3.8, 4) is 0 Å². The van der Waals surface area contributed by atoms with Gasteiger partial charge in [0.2, 0.25) is 11.6 Å². The fraction of sp³-hybridized carbons (Fsp3) is 0.583. The smallest absolute Gasteiger partial charge is 0.253 e. The van der Waals surface area contributed by atoms with Crippen molar-refractivity contribution in [3.63, 3.8) is 0 Å². The molecule has 0 aromatic carbocycles. The van der Waals surface area contributed by atoms with Crippen LogP contribution in [0.4, 0.5) is 23.2 Å². The Morgan fingerprint density at radius 1 is 1.11 bits per heavy atom. The van der Waals surface area contributed by atoms with E-state index in [-0.39, 0.29) is 12.6 Å². The Morgan fingerprint density at radius 2 is 1.79 bits per heavy atom. The van der Waals surface area contributed by atoms with Gasteiger partial charge < -0.3 is 10.1 Å². The highest BCUT2D eigenvalue weighted by Crippen LogP contribution is 2.22. The quantitative estimate of drug-likeness (QED) is 0.679. The first kappa shape index (κ1) is 14.0. The zero-order chi connectivity index (χ0) is 13.8. The fourth-order valence-corrected chi connectivity index (χ4v) is 2.04. The van der Waals surface area contributed by atoms with Gasteiger partial charge in [0.1, 0.15) is 5.69 Å². The number of nitrogens with zero attached hydrogens (tertiary/aromatic N) is 1. The molecule has 7 heteroatoms. The van der Waals surface area contributed by atoms with E-state index in [1.807, 2.05) is 0 Å². The lowest BCUT2D eigenvalue weighted by Crippen LogP contribution is -2.22. The summed E-state index contributed by atoms with van der Waals surface area (Å²) in [6.45, 7) is 0.841. The molecule has 1 atom stereocenters. The molecule has 1 unspecified atom stereocenters. The molecule has 19 heavy (non-hydrogen) atoms. The van der Waals surface area contributed by atoms with Crippen molar-refractivity contribution in [3.05, 3.63) is 23.5 Å². The van der Waals surface area contributed by atoms with Gasteiger partial charge in [-0.15, -0.1) is 0 Å². The van der Waals surface area contributed by atoms with Crippen LogP contribution in [0.5, 0.6) is 0 Å². The van der Waals surface area contributed by atoms with E-state index in [1.165, 1.54) is 0 Å². The van der Waals surface area contributed by atoms with Crippen molar-refractivity contribution < 1.29 is 22.3 Å². The third-order valence-corrected chi connectivity index (χ3v) is 3.04. The molecule has 1 N–H and O–H groups in total. The van der Waals surface area contributed by atoms with Crippen LogP contribution in [0.25, 0.3) is 0 Å². The first-order chi connectivity index (χ1) is 9.09. The second-order valence-corrected chi connectivity index (χ2v) is 4.40. The highest BCUT2D eigenvalue weighted by atomic mass is 19.2. The van der Waals surface area contributed by atoms with Gasteiger partial charge in [0.25, 0.3) is 11.9 Å². The van der Waals surface area contributed by atoms with E-state index in [2.05, 4.69) is 10.3 Å². The zero-order valence-corrected chi connectivity index (χ0v) is 10.2. The molecular weight excluding hydrogens is 264 g/mol. The van der Waals surface area contributed by atoms with Gasteiger partial charge >= 0.3 is 0 Å². The summed E-state index contributed by atoms with van der Waals surface area (Å²) in [4.78, 5) is 2.48. The summed E-state index contributed by atoms with van der Waals surface area (Å²) >= 11 is 0. The summed E-state index contributed by atoms with van der Waals surface area (Å²) in [5.41, 5.74) is -0.819. The summed E-state index contributed by atoms with van der Waals surface area (Å²) in [5.74, 6) is -6.34. The standard InChI is InChI=1S/C12H14F4N2O/c13-8-10(9(14)12(16)18-11(8)15)17-5-4-7-3-1-2-6-19-7/h7H,1-6H2,(H,17,18). The minimum absolute atomic E-state index is 0.0175. The Balaban J connectivity index is 1.95. The number of nitrogens with one attached hydrogen (secondary N) is 1. The van der Waals surface area contributed by atoms with Crippen LogP contribution in [-0.2, 0) is 4.74 Å². The van der Waals surface area contributed by atoms with Gasteiger partial charge in [0, 0.05) is 13.2 Å². The molecule has 1 aromatic rings. The van der Waals surface area contributed by atoms with Crippen LogP contribution in [0.2, 0.25) is 0 Å². The van der Waals surface area contributed by atoms with Crippen LogP contribution in [-0.4, -0.2) is 24.2 Å². The average molecular weight is 278 g/mol. The topological polar surface area (TPSA) is 34.2 Å². The lowest BCUT2D eigenvalue weighted by Gasteiger charge is -2.22. The highest BCUT2D eigenvalue weighted by Gasteiger charge is 2.21. The zero-order valence-electron chi connectivity index (χ0n) is 10.2. The Morgan fingerprint density at radius 3 is 2.37 bits per heavy atom. The minimum atomic E-state index is -1.66. The number of pyridine rings is 1. The molecule has 1 aromatic heterocycles. The van der Waals surface area contributed by atoms with E-state index < -0.39 is 29.2 Å². The van der Waals surface area contributed by atoms with Gasteiger partial charge in [-0.1, -0.05) is 0 Å². The largest absolute Gasteiger partial charge is 0.380 e. The van der Waals surface area contributed by atoms with E-state index in [0.29, 0.717) is 13.0 Å².